The number of hydrogen-bond acceptors (Lipinski definition) is 4. The molecule has 3 rings (SSSR count). The van der Waals surface area contributed by atoms with Gasteiger partial charge in [0.05, 0.1) is 25.6 Å². The van der Waals surface area contributed by atoms with Crippen LogP contribution in [0.3, 0.4) is 0 Å². The summed E-state index contributed by atoms with van der Waals surface area (Å²) in [6.45, 7) is 2.85. The first kappa shape index (κ1) is 15.4. The van der Waals surface area contributed by atoms with Crippen LogP contribution < -0.4 is 0 Å². The second-order valence-corrected chi connectivity index (χ2v) is 6.45. The van der Waals surface area contributed by atoms with Gasteiger partial charge in [0.1, 0.15) is 11.5 Å². The van der Waals surface area contributed by atoms with Crippen molar-refractivity contribution in [1.82, 2.24) is 4.90 Å². The Balaban J connectivity index is 1.73. The molecule has 0 aliphatic carbocycles. The quantitative estimate of drug-likeness (QED) is 0.627. The van der Waals surface area contributed by atoms with Crippen molar-refractivity contribution in [3.8, 4) is 0 Å². The van der Waals surface area contributed by atoms with Gasteiger partial charge in [0.25, 0.3) is 0 Å². The highest BCUT2D eigenvalue weighted by Gasteiger charge is 2.15. The van der Waals surface area contributed by atoms with E-state index in [9.17, 15) is 4.79 Å². The third-order valence-electron chi connectivity index (χ3n) is 3.32. The molecule has 3 aromatic rings. The fourth-order valence-electron chi connectivity index (χ4n) is 2.19. The summed E-state index contributed by atoms with van der Waals surface area (Å²) in [5.41, 5.74) is 0. The van der Waals surface area contributed by atoms with E-state index in [0.717, 1.165) is 16.4 Å². The first-order chi connectivity index (χ1) is 11.2. The van der Waals surface area contributed by atoms with Gasteiger partial charge < -0.3 is 13.7 Å². The molecule has 4 nitrogen and oxygen atoms in total. The maximum Gasteiger partial charge on any atom is 0.247 e. The topological polar surface area (TPSA) is 46.6 Å². The number of nitrogens with zero attached hydrogens (tertiary/aromatic N) is 1. The lowest BCUT2D eigenvalue weighted by molar-refractivity contribution is -0.127. The van der Waals surface area contributed by atoms with Crippen molar-refractivity contribution in [2.75, 3.05) is 0 Å². The van der Waals surface area contributed by atoms with Gasteiger partial charge in [-0.25, -0.2) is 0 Å². The van der Waals surface area contributed by atoms with Crippen molar-refractivity contribution in [2.45, 2.75) is 20.0 Å². The Labute approximate surface area is 138 Å². The molecule has 0 aliphatic heterocycles. The summed E-state index contributed by atoms with van der Waals surface area (Å²) in [7, 11) is 0. The van der Waals surface area contributed by atoms with Crippen LogP contribution in [0.25, 0.3) is 6.08 Å². The highest BCUT2D eigenvalue weighted by molar-refractivity contribution is 7.12. The van der Waals surface area contributed by atoms with E-state index in [1.807, 2.05) is 49.4 Å². The molecule has 0 spiro atoms. The number of carbonyl (C=O) groups excluding carboxylic acids is 1. The van der Waals surface area contributed by atoms with Crippen LogP contribution in [0.5, 0.6) is 0 Å². The van der Waals surface area contributed by atoms with Gasteiger partial charge in [-0.05, 0) is 49.4 Å². The van der Waals surface area contributed by atoms with Gasteiger partial charge in [0, 0.05) is 15.8 Å². The molecule has 0 saturated heterocycles. The molecule has 0 fully saturated rings. The lowest BCUT2D eigenvalue weighted by Crippen LogP contribution is -2.28. The van der Waals surface area contributed by atoms with E-state index in [1.54, 1.807) is 34.8 Å². The Hall–Kier alpha value is -2.53. The van der Waals surface area contributed by atoms with Crippen molar-refractivity contribution in [1.29, 1.82) is 0 Å². The fraction of sp³-hybridized carbons (Fsp3) is 0.167. The molecule has 0 bridgehead atoms. The second-order valence-electron chi connectivity index (χ2n) is 5.13. The first-order valence-corrected chi connectivity index (χ1v) is 8.10. The molecule has 0 atom stereocenters. The van der Waals surface area contributed by atoms with Gasteiger partial charge in [-0.2, -0.15) is 0 Å². The van der Waals surface area contributed by atoms with Crippen molar-refractivity contribution >= 4 is 23.3 Å². The second kappa shape index (κ2) is 7.15. The summed E-state index contributed by atoms with van der Waals surface area (Å²) >= 11 is 1.66. The van der Waals surface area contributed by atoms with Crippen molar-refractivity contribution < 1.29 is 13.6 Å². The predicted molar refractivity (Wildman–Crippen MR) is 89.8 cm³/mol. The van der Waals surface area contributed by atoms with Crippen LogP contribution in [0.2, 0.25) is 0 Å². The van der Waals surface area contributed by atoms with Crippen LogP contribution in [-0.4, -0.2) is 10.8 Å². The zero-order valence-corrected chi connectivity index (χ0v) is 13.6. The molecular formula is C18H17NO3S. The standard InChI is InChI=1S/C18H17NO3S/c1-14-6-7-17(23-14)8-9-18(20)19(12-15-4-2-10-21-15)13-16-5-3-11-22-16/h2-11H,12-13H2,1H3/b9-8+. The van der Waals surface area contributed by atoms with Gasteiger partial charge in [-0.3, -0.25) is 4.79 Å². The number of aryl methyl sites for hydroxylation is 1. The maximum absolute atomic E-state index is 12.5. The molecule has 1 amide bonds. The highest BCUT2D eigenvalue weighted by atomic mass is 32.1. The maximum atomic E-state index is 12.5. The third-order valence-corrected chi connectivity index (χ3v) is 4.28. The fourth-order valence-corrected chi connectivity index (χ4v) is 2.97. The number of amides is 1. The average Bonchev–Trinajstić information content (AvgIpc) is 3.27. The van der Waals surface area contributed by atoms with E-state index < -0.39 is 0 Å². The van der Waals surface area contributed by atoms with Gasteiger partial charge in [0.2, 0.25) is 5.91 Å². The zero-order chi connectivity index (χ0) is 16.1. The Kier molecular flexibility index (Phi) is 4.78. The number of hydrogen-bond donors (Lipinski definition) is 0. The Morgan fingerprint density at radius 2 is 1.74 bits per heavy atom. The number of carbonyl (C=O) groups is 1. The van der Waals surface area contributed by atoms with Gasteiger partial charge in [-0.1, -0.05) is 0 Å². The van der Waals surface area contributed by atoms with Crippen LogP contribution in [-0.2, 0) is 17.9 Å². The summed E-state index contributed by atoms with van der Waals surface area (Å²) in [6, 6.07) is 11.4. The molecule has 0 aromatic carbocycles. The Bertz CT molecular complexity index is 733. The monoisotopic (exact) mass is 327 g/mol. The van der Waals surface area contributed by atoms with Crippen LogP contribution >= 0.6 is 11.3 Å². The molecule has 0 N–H and O–H groups in total. The minimum atomic E-state index is -0.0798. The van der Waals surface area contributed by atoms with Crippen LogP contribution in [0.15, 0.2) is 63.8 Å². The molecule has 3 aromatic heterocycles. The van der Waals surface area contributed by atoms with E-state index in [-0.39, 0.29) is 5.91 Å². The lowest BCUT2D eigenvalue weighted by atomic mass is 10.3. The van der Waals surface area contributed by atoms with Gasteiger partial charge in [0.15, 0.2) is 0 Å². The molecule has 5 heteroatoms. The number of thiophene rings is 1. The molecule has 3 heterocycles. The van der Waals surface area contributed by atoms with Crippen LogP contribution in [0.4, 0.5) is 0 Å². The predicted octanol–water partition coefficient (Wildman–Crippen LogP) is 4.48. The minimum absolute atomic E-state index is 0.0798. The first-order valence-electron chi connectivity index (χ1n) is 7.29. The van der Waals surface area contributed by atoms with Gasteiger partial charge in [-0.15, -0.1) is 11.3 Å². The van der Waals surface area contributed by atoms with Crippen molar-refractivity contribution in [3.05, 3.63) is 76.3 Å². The highest BCUT2D eigenvalue weighted by Crippen LogP contribution is 2.17. The molecule has 0 radical (unpaired) electrons. The van der Waals surface area contributed by atoms with Crippen LogP contribution in [0.1, 0.15) is 21.3 Å². The normalized spacial score (nSPS) is 11.2. The van der Waals surface area contributed by atoms with E-state index >= 15 is 0 Å². The van der Waals surface area contributed by atoms with E-state index in [4.69, 9.17) is 8.83 Å². The molecule has 0 saturated carbocycles. The van der Waals surface area contributed by atoms with Gasteiger partial charge >= 0.3 is 0 Å². The lowest BCUT2D eigenvalue weighted by Gasteiger charge is -2.18. The number of rotatable bonds is 6. The van der Waals surface area contributed by atoms with E-state index in [1.165, 1.54) is 4.88 Å². The smallest absolute Gasteiger partial charge is 0.247 e. The zero-order valence-electron chi connectivity index (χ0n) is 12.8. The average molecular weight is 327 g/mol. The third kappa shape index (κ3) is 4.23. The SMILES string of the molecule is Cc1ccc(/C=C/C(=O)N(Cc2ccco2)Cc2ccco2)s1. The number of furan rings is 2. The molecule has 0 unspecified atom stereocenters. The molecule has 0 aliphatic rings. The van der Waals surface area contributed by atoms with E-state index in [0.29, 0.717) is 13.1 Å². The summed E-state index contributed by atoms with van der Waals surface area (Å²) in [5, 5.41) is 0. The minimum Gasteiger partial charge on any atom is -0.467 e. The van der Waals surface area contributed by atoms with Crippen molar-refractivity contribution in [3.63, 3.8) is 0 Å². The Morgan fingerprint density at radius 1 is 1.09 bits per heavy atom. The summed E-state index contributed by atoms with van der Waals surface area (Å²) in [6.07, 6.45) is 6.65. The van der Waals surface area contributed by atoms with E-state index in [2.05, 4.69) is 0 Å². The van der Waals surface area contributed by atoms with Crippen molar-refractivity contribution in [2.24, 2.45) is 0 Å². The molecular weight excluding hydrogens is 310 g/mol. The Morgan fingerprint density at radius 3 is 2.22 bits per heavy atom. The molecule has 118 valence electrons. The summed E-state index contributed by atoms with van der Waals surface area (Å²) in [4.78, 5) is 16.5. The summed E-state index contributed by atoms with van der Waals surface area (Å²) in [5.74, 6) is 1.40. The van der Waals surface area contributed by atoms with Crippen LogP contribution in [0, 0.1) is 6.92 Å². The largest absolute Gasteiger partial charge is 0.467 e. The summed E-state index contributed by atoms with van der Waals surface area (Å²) < 4.78 is 10.7. The molecule has 23 heavy (non-hydrogen) atoms.